The number of rotatable bonds is 4. The van der Waals surface area contributed by atoms with Crippen LogP contribution in [-0.2, 0) is 13.1 Å². The summed E-state index contributed by atoms with van der Waals surface area (Å²) in [5.74, 6) is 2.11. The number of hydrogen-bond acceptors (Lipinski definition) is 3. The quantitative estimate of drug-likeness (QED) is 0.848. The Labute approximate surface area is 97.8 Å². The van der Waals surface area contributed by atoms with Gasteiger partial charge in [-0.05, 0) is 52.4 Å². The van der Waals surface area contributed by atoms with E-state index in [1.54, 1.807) is 0 Å². The SMILES string of the molecule is CNCc1ccc(CN2CCCC2(C)C)o1. The molecule has 90 valence electrons. The molecule has 1 aliphatic heterocycles. The fraction of sp³-hybridized carbons (Fsp3) is 0.692. The predicted molar refractivity (Wildman–Crippen MR) is 65.2 cm³/mol. The van der Waals surface area contributed by atoms with E-state index in [1.165, 1.54) is 19.4 Å². The minimum Gasteiger partial charge on any atom is -0.463 e. The third-order valence-electron chi connectivity index (χ3n) is 3.49. The lowest BCUT2D eigenvalue weighted by atomic mass is 10.0. The van der Waals surface area contributed by atoms with Crippen LogP contribution in [0.5, 0.6) is 0 Å². The standard InChI is InChI=1S/C13H22N2O/c1-13(2)7-4-8-15(13)10-12-6-5-11(16-12)9-14-3/h5-6,14H,4,7-10H2,1-3H3. The third kappa shape index (κ3) is 2.47. The molecule has 1 saturated heterocycles. The van der Waals surface area contributed by atoms with Gasteiger partial charge in [0.05, 0.1) is 13.1 Å². The molecule has 0 radical (unpaired) electrons. The summed E-state index contributed by atoms with van der Waals surface area (Å²) in [6.07, 6.45) is 2.59. The smallest absolute Gasteiger partial charge is 0.118 e. The van der Waals surface area contributed by atoms with Crippen LogP contribution in [0.2, 0.25) is 0 Å². The number of nitrogens with one attached hydrogen (secondary N) is 1. The molecule has 0 aliphatic carbocycles. The summed E-state index contributed by atoms with van der Waals surface area (Å²) in [4.78, 5) is 2.51. The van der Waals surface area contributed by atoms with Gasteiger partial charge in [-0.25, -0.2) is 0 Å². The number of nitrogens with zero attached hydrogens (tertiary/aromatic N) is 1. The van der Waals surface area contributed by atoms with Crippen LogP contribution < -0.4 is 5.32 Å². The number of furan rings is 1. The molecule has 1 aromatic rings. The Kier molecular flexibility index (Phi) is 3.36. The summed E-state index contributed by atoms with van der Waals surface area (Å²) in [5, 5.41) is 3.10. The average Bonchev–Trinajstić information content (AvgIpc) is 2.76. The van der Waals surface area contributed by atoms with Crippen molar-refractivity contribution in [2.45, 2.75) is 45.3 Å². The molecule has 1 fully saturated rings. The second-order valence-corrected chi connectivity index (χ2v) is 5.24. The van der Waals surface area contributed by atoms with Crippen LogP contribution in [0.1, 0.15) is 38.2 Å². The Morgan fingerprint density at radius 3 is 2.75 bits per heavy atom. The van der Waals surface area contributed by atoms with Crippen molar-refractivity contribution < 1.29 is 4.42 Å². The first-order chi connectivity index (χ1) is 7.62. The topological polar surface area (TPSA) is 28.4 Å². The van der Waals surface area contributed by atoms with Crippen LogP contribution in [0.25, 0.3) is 0 Å². The van der Waals surface area contributed by atoms with Gasteiger partial charge in [0.25, 0.3) is 0 Å². The van der Waals surface area contributed by atoms with Gasteiger partial charge in [-0.1, -0.05) is 0 Å². The molecule has 0 unspecified atom stereocenters. The molecule has 0 bridgehead atoms. The van der Waals surface area contributed by atoms with Crippen LogP contribution >= 0.6 is 0 Å². The summed E-state index contributed by atoms with van der Waals surface area (Å²) in [7, 11) is 1.94. The van der Waals surface area contributed by atoms with E-state index in [9.17, 15) is 0 Å². The number of hydrogen-bond donors (Lipinski definition) is 1. The predicted octanol–water partition coefficient (Wildman–Crippen LogP) is 2.37. The summed E-state index contributed by atoms with van der Waals surface area (Å²) in [6.45, 7) is 7.57. The number of likely N-dealkylation sites (tertiary alicyclic amines) is 1. The molecule has 1 aromatic heterocycles. The van der Waals surface area contributed by atoms with E-state index in [1.807, 2.05) is 7.05 Å². The van der Waals surface area contributed by atoms with Gasteiger partial charge in [-0.3, -0.25) is 4.90 Å². The molecule has 2 rings (SSSR count). The molecular weight excluding hydrogens is 200 g/mol. The van der Waals surface area contributed by atoms with Crippen LogP contribution in [0.3, 0.4) is 0 Å². The van der Waals surface area contributed by atoms with Gasteiger partial charge < -0.3 is 9.73 Å². The van der Waals surface area contributed by atoms with Gasteiger partial charge in [0.1, 0.15) is 11.5 Å². The summed E-state index contributed by atoms with van der Waals surface area (Å²) in [5.41, 5.74) is 0.329. The van der Waals surface area contributed by atoms with Crippen molar-refractivity contribution in [3.8, 4) is 0 Å². The van der Waals surface area contributed by atoms with Crippen molar-refractivity contribution in [1.29, 1.82) is 0 Å². The second-order valence-electron chi connectivity index (χ2n) is 5.24. The zero-order valence-corrected chi connectivity index (χ0v) is 10.5. The largest absolute Gasteiger partial charge is 0.463 e. The zero-order chi connectivity index (χ0) is 11.6. The first kappa shape index (κ1) is 11.7. The molecule has 1 N–H and O–H groups in total. The lowest BCUT2D eigenvalue weighted by Gasteiger charge is -2.30. The fourth-order valence-electron chi connectivity index (χ4n) is 2.42. The van der Waals surface area contributed by atoms with Crippen LogP contribution in [0.4, 0.5) is 0 Å². The Morgan fingerprint density at radius 1 is 1.38 bits per heavy atom. The Balaban J connectivity index is 1.98. The van der Waals surface area contributed by atoms with E-state index in [2.05, 4.69) is 36.2 Å². The van der Waals surface area contributed by atoms with Gasteiger partial charge >= 0.3 is 0 Å². The van der Waals surface area contributed by atoms with Crippen LogP contribution in [0, 0.1) is 0 Å². The Hall–Kier alpha value is -0.800. The minimum atomic E-state index is 0.329. The van der Waals surface area contributed by atoms with Gasteiger partial charge in [0, 0.05) is 5.54 Å². The molecule has 3 nitrogen and oxygen atoms in total. The molecule has 3 heteroatoms. The van der Waals surface area contributed by atoms with Gasteiger partial charge in [-0.2, -0.15) is 0 Å². The van der Waals surface area contributed by atoms with Gasteiger partial charge in [0.15, 0.2) is 0 Å². The minimum absolute atomic E-state index is 0.329. The molecule has 0 amide bonds. The van der Waals surface area contributed by atoms with Crippen molar-refractivity contribution in [2.24, 2.45) is 0 Å². The summed E-state index contributed by atoms with van der Waals surface area (Å²) in [6, 6.07) is 4.16. The third-order valence-corrected chi connectivity index (χ3v) is 3.49. The summed E-state index contributed by atoms with van der Waals surface area (Å²) >= 11 is 0. The monoisotopic (exact) mass is 222 g/mol. The maximum atomic E-state index is 5.78. The van der Waals surface area contributed by atoms with E-state index in [0.717, 1.165) is 24.6 Å². The maximum absolute atomic E-state index is 5.78. The maximum Gasteiger partial charge on any atom is 0.118 e. The molecule has 0 atom stereocenters. The Morgan fingerprint density at radius 2 is 2.12 bits per heavy atom. The second kappa shape index (κ2) is 4.60. The molecule has 2 heterocycles. The van der Waals surface area contributed by atoms with Crippen molar-refractivity contribution in [1.82, 2.24) is 10.2 Å². The highest BCUT2D eigenvalue weighted by molar-refractivity contribution is 5.08. The van der Waals surface area contributed by atoms with Gasteiger partial charge in [-0.15, -0.1) is 0 Å². The van der Waals surface area contributed by atoms with Crippen molar-refractivity contribution in [2.75, 3.05) is 13.6 Å². The summed E-state index contributed by atoms with van der Waals surface area (Å²) < 4.78 is 5.78. The van der Waals surface area contributed by atoms with Crippen molar-refractivity contribution >= 4 is 0 Å². The normalized spacial score (nSPS) is 20.4. The van der Waals surface area contributed by atoms with Crippen molar-refractivity contribution in [3.63, 3.8) is 0 Å². The van der Waals surface area contributed by atoms with E-state index < -0.39 is 0 Å². The molecule has 0 aromatic carbocycles. The van der Waals surface area contributed by atoms with Gasteiger partial charge in [0.2, 0.25) is 0 Å². The molecular formula is C13H22N2O. The zero-order valence-electron chi connectivity index (χ0n) is 10.5. The van der Waals surface area contributed by atoms with Crippen molar-refractivity contribution in [3.05, 3.63) is 23.7 Å². The van der Waals surface area contributed by atoms with Crippen LogP contribution in [0.15, 0.2) is 16.5 Å². The average molecular weight is 222 g/mol. The van der Waals surface area contributed by atoms with E-state index in [4.69, 9.17) is 4.42 Å². The lowest BCUT2D eigenvalue weighted by Crippen LogP contribution is -2.37. The van der Waals surface area contributed by atoms with E-state index >= 15 is 0 Å². The molecule has 0 saturated carbocycles. The molecule has 1 aliphatic rings. The lowest BCUT2D eigenvalue weighted by molar-refractivity contribution is 0.153. The highest BCUT2D eigenvalue weighted by Gasteiger charge is 2.32. The fourth-order valence-corrected chi connectivity index (χ4v) is 2.42. The van der Waals surface area contributed by atoms with E-state index in [0.29, 0.717) is 5.54 Å². The highest BCUT2D eigenvalue weighted by atomic mass is 16.3. The Bertz CT molecular complexity index is 343. The van der Waals surface area contributed by atoms with Crippen LogP contribution in [-0.4, -0.2) is 24.0 Å². The molecule has 0 spiro atoms. The first-order valence-electron chi connectivity index (χ1n) is 6.09. The van der Waals surface area contributed by atoms with E-state index in [-0.39, 0.29) is 0 Å². The molecule has 16 heavy (non-hydrogen) atoms. The highest BCUT2D eigenvalue weighted by Crippen LogP contribution is 2.29. The first-order valence-corrected chi connectivity index (χ1v) is 6.09.